The molecule has 4 heteroatoms. The lowest BCUT2D eigenvalue weighted by molar-refractivity contribution is 0.152. The lowest BCUT2D eigenvalue weighted by atomic mass is 10.1. The molecule has 3 rings (SSSR count). The van der Waals surface area contributed by atoms with Gasteiger partial charge >= 0.3 is 0 Å². The third-order valence-corrected chi connectivity index (χ3v) is 4.38. The zero-order valence-electron chi connectivity index (χ0n) is 12.7. The minimum Gasteiger partial charge on any atom is -0.465 e. The van der Waals surface area contributed by atoms with Crippen molar-refractivity contribution in [3.8, 4) is 0 Å². The van der Waals surface area contributed by atoms with Crippen molar-refractivity contribution >= 4 is 0 Å². The normalized spacial score (nSPS) is 23.6. The molecule has 112 valence electrons. The fourth-order valence-corrected chi connectivity index (χ4v) is 3.03. The summed E-state index contributed by atoms with van der Waals surface area (Å²) in [5.74, 6) is 2.85. The summed E-state index contributed by atoms with van der Waals surface area (Å²) in [7, 11) is 1.79. The van der Waals surface area contributed by atoms with E-state index in [1.807, 2.05) is 0 Å². The van der Waals surface area contributed by atoms with E-state index < -0.39 is 0 Å². The van der Waals surface area contributed by atoms with Crippen molar-refractivity contribution in [1.82, 2.24) is 10.2 Å². The number of aryl methyl sites for hydroxylation is 1. The molecule has 0 bridgehead atoms. The number of hydrogen-bond acceptors (Lipinski definition) is 4. The van der Waals surface area contributed by atoms with Crippen LogP contribution in [-0.2, 0) is 17.8 Å². The average Bonchev–Trinajstić information content (AvgIpc) is 3.06. The van der Waals surface area contributed by atoms with Crippen LogP contribution in [0.15, 0.2) is 10.5 Å². The Bertz CT molecular complexity index is 440. The van der Waals surface area contributed by atoms with E-state index in [-0.39, 0.29) is 0 Å². The Hall–Kier alpha value is -0.840. The van der Waals surface area contributed by atoms with Gasteiger partial charge in [0.2, 0.25) is 0 Å². The summed E-state index contributed by atoms with van der Waals surface area (Å²) < 4.78 is 11.1. The molecule has 2 aliphatic rings. The molecule has 2 heterocycles. The van der Waals surface area contributed by atoms with Gasteiger partial charge in [-0.2, -0.15) is 0 Å². The molecule has 1 aliphatic heterocycles. The number of likely N-dealkylation sites (tertiary alicyclic amines) is 1. The Morgan fingerprint density at radius 3 is 3.00 bits per heavy atom. The summed E-state index contributed by atoms with van der Waals surface area (Å²) in [6.45, 7) is 7.18. The lowest BCUT2D eigenvalue weighted by Crippen LogP contribution is -2.21. The van der Waals surface area contributed by atoms with Gasteiger partial charge in [-0.15, -0.1) is 0 Å². The first-order valence-electron chi connectivity index (χ1n) is 7.77. The summed E-state index contributed by atoms with van der Waals surface area (Å²) in [6.07, 6.45) is 3.89. The highest BCUT2D eigenvalue weighted by molar-refractivity contribution is 5.21. The Balaban J connectivity index is 1.51. The number of furan rings is 1. The summed E-state index contributed by atoms with van der Waals surface area (Å²) in [4.78, 5) is 2.51. The molecule has 0 amide bonds. The highest BCUT2D eigenvalue weighted by Gasteiger charge is 2.24. The van der Waals surface area contributed by atoms with Gasteiger partial charge in [0.05, 0.1) is 13.2 Å². The highest BCUT2D eigenvalue weighted by atomic mass is 16.5. The maximum atomic E-state index is 5.86. The predicted octanol–water partition coefficient (Wildman–Crippen LogP) is 2.31. The standard InChI is InChI=1S/C16H26N2O2/c1-12-14(7-16(20-12)8-17-15-3-4-15)10-18-6-5-13(9-18)11-19-2/h7,13,15,17H,3-6,8-11H2,1-2H3. The molecule has 1 aliphatic carbocycles. The number of ether oxygens (including phenoxy) is 1. The Morgan fingerprint density at radius 1 is 1.40 bits per heavy atom. The fourth-order valence-electron chi connectivity index (χ4n) is 3.03. The van der Waals surface area contributed by atoms with Crippen molar-refractivity contribution in [2.24, 2.45) is 5.92 Å². The summed E-state index contributed by atoms with van der Waals surface area (Å²) in [5.41, 5.74) is 1.34. The van der Waals surface area contributed by atoms with E-state index in [0.717, 1.165) is 43.8 Å². The first-order chi connectivity index (χ1) is 9.74. The zero-order chi connectivity index (χ0) is 13.9. The van der Waals surface area contributed by atoms with Gasteiger partial charge in [0.25, 0.3) is 0 Å². The van der Waals surface area contributed by atoms with Crippen LogP contribution in [0.4, 0.5) is 0 Å². The second-order valence-corrected chi connectivity index (χ2v) is 6.29. The summed E-state index contributed by atoms with van der Waals surface area (Å²) >= 11 is 0. The van der Waals surface area contributed by atoms with E-state index in [4.69, 9.17) is 9.15 Å². The minimum absolute atomic E-state index is 0.697. The monoisotopic (exact) mass is 278 g/mol. The molecule has 2 fully saturated rings. The maximum Gasteiger partial charge on any atom is 0.118 e. The first kappa shape index (κ1) is 14.1. The van der Waals surface area contributed by atoms with Crippen LogP contribution in [0.5, 0.6) is 0 Å². The maximum absolute atomic E-state index is 5.86. The smallest absolute Gasteiger partial charge is 0.118 e. The quantitative estimate of drug-likeness (QED) is 0.830. The molecule has 1 saturated carbocycles. The van der Waals surface area contributed by atoms with Crippen molar-refractivity contribution in [2.45, 2.75) is 45.3 Å². The van der Waals surface area contributed by atoms with Crippen molar-refractivity contribution in [2.75, 3.05) is 26.8 Å². The molecule has 1 N–H and O–H groups in total. The van der Waals surface area contributed by atoms with E-state index in [9.17, 15) is 0 Å². The third-order valence-electron chi connectivity index (χ3n) is 4.38. The van der Waals surface area contributed by atoms with Gasteiger partial charge in [-0.3, -0.25) is 4.90 Å². The Morgan fingerprint density at radius 2 is 2.25 bits per heavy atom. The molecular weight excluding hydrogens is 252 g/mol. The van der Waals surface area contributed by atoms with Crippen LogP contribution in [0, 0.1) is 12.8 Å². The Kier molecular flexibility index (Phi) is 4.44. The molecule has 1 aromatic rings. The van der Waals surface area contributed by atoms with Crippen LogP contribution < -0.4 is 5.32 Å². The SMILES string of the molecule is COCC1CCN(Cc2cc(CNC3CC3)oc2C)C1. The van der Waals surface area contributed by atoms with Gasteiger partial charge in [0.1, 0.15) is 11.5 Å². The van der Waals surface area contributed by atoms with Gasteiger partial charge in [0.15, 0.2) is 0 Å². The largest absolute Gasteiger partial charge is 0.465 e. The van der Waals surface area contributed by atoms with E-state index in [1.54, 1.807) is 7.11 Å². The molecular formula is C16H26N2O2. The van der Waals surface area contributed by atoms with Crippen molar-refractivity contribution in [3.05, 3.63) is 23.2 Å². The minimum atomic E-state index is 0.697. The topological polar surface area (TPSA) is 37.6 Å². The molecule has 1 atom stereocenters. The highest BCUT2D eigenvalue weighted by Crippen LogP contribution is 2.23. The molecule has 20 heavy (non-hydrogen) atoms. The van der Waals surface area contributed by atoms with Crippen LogP contribution in [0.3, 0.4) is 0 Å². The molecule has 1 saturated heterocycles. The average molecular weight is 278 g/mol. The number of rotatable bonds is 7. The summed E-state index contributed by atoms with van der Waals surface area (Å²) in [6, 6.07) is 2.96. The molecule has 1 unspecified atom stereocenters. The van der Waals surface area contributed by atoms with E-state index in [0.29, 0.717) is 5.92 Å². The van der Waals surface area contributed by atoms with Gasteiger partial charge in [-0.05, 0) is 44.7 Å². The number of nitrogens with zero attached hydrogens (tertiary/aromatic N) is 1. The van der Waals surface area contributed by atoms with Gasteiger partial charge in [-0.25, -0.2) is 0 Å². The van der Waals surface area contributed by atoms with E-state index in [1.165, 1.54) is 31.4 Å². The number of hydrogen-bond donors (Lipinski definition) is 1. The van der Waals surface area contributed by atoms with Crippen LogP contribution in [-0.4, -0.2) is 37.7 Å². The van der Waals surface area contributed by atoms with Gasteiger partial charge < -0.3 is 14.5 Å². The molecule has 0 aromatic carbocycles. The second kappa shape index (κ2) is 6.29. The molecule has 4 nitrogen and oxygen atoms in total. The van der Waals surface area contributed by atoms with E-state index >= 15 is 0 Å². The van der Waals surface area contributed by atoms with Crippen LogP contribution >= 0.6 is 0 Å². The van der Waals surface area contributed by atoms with Crippen molar-refractivity contribution in [1.29, 1.82) is 0 Å². The zero-order valence-corrected chi connectivity index (χ0v) is 12.7. The molecule has 1 aromatic heterocycles. The van der Waals surface area contributed by atoms with Gasteiger partial charge in [-0.1, -0.05) is 0 Å². The van der Waals surface area contributed by atoms with Crippen molar-refractivity contribution < 1.29 is 9.15 Å². The van der Waals surface area contributed by atoms with Crippen LogP contribution in [0.25, 0.3) is 0 Å². The molecule has 0 radical (unpaired) electrons. The Labute approximate surface area is 121 Å². The number of methoxy groups -OCH3 is 1. The third kappa shape index (κ3) is 3.62. The van der Waals surface area contributed by atoms with Gasteiger partial charge in [0, 0.05) is 31.8 Å². The van der Waals surface area contributed by atoms with Crippen LogP contribution in [0.1, 0.15) is 36.3 Å². The molecule has 0 spiro atoms. The number of nitrogens with one attached hydrogen (secondary N) is 1. The fraction of sp³-hybridized carbons (Fsp3) is 0.750. The van der Waals surface area contributed by atoms with Crippen LogP contribution in [0.2, 0.25) is 0 Å². The lowest BCUT2D eigenvalue weighted by Gasteiger charge is -2.15. The first-order valence-corrected chi connectivity index (χ1v) is 7.77. The van der Waals surface area contributed by atoms with E-state index in [2.05, 4.69) is 23.2 Å². The second-order valence-electron chi connectivity index (χ2n) is 6.29. The summed E-state index contributed by atoms with van der Waals surface area (Å²) in [5, 5.41) is 3.51. The van der Waals surface area contributed by atoms with Crippen molar-refractivity contribution in [3.63, 3.8) is 0 Å². The predicted molar refractivity (Wildman–Crippen MR) is 78.6 cm³/mol.